The summed E-state index contributed by atoms with van der Waals surface area (Å²) in [7, 11) is 0. The van der Waals surface area contributed by atoms with E-state index in [1.165, 1.54) is 0 Å². The summed E-state index contributed by atoms with van der Waals surface area (Å²) in [6.45, 7) is 0.239. The minimum atomic E-state index is -0.907. The van der Waals surface area contributed by atoms with E-state index in [0.717, 1.165) is 19.3 Å². The van der Waals surface area contributed by atoms with Crippen molar-refractivity contribution in [2.45, 2.75) is 29.1 Å². The standard InChI is InChI=1S/C6H12Br2O2/c7-6(8,10)4-2-1-3-5-9/h9-10H,1-5H2. The molecule has 62 valence electrons. The Kier molecular flexibility index (Phi) is 6.01. The van der Waals surface area contributed by atoms with Gasteiger partial charge in [0.15, 0.2) is 3.42 Å². The summed E-state index contributed by atoms with van der Waals surface area (Å²) in [5, 5.41) is 17.5. The first-order valence-corrected chi connectivity index (χ1v) is 4.86. The van der Waals surface area contributed by atoms with Crippen LogP contribution in [0.4, 0.5) is 0 Å². The van der Waals surface area contributed by atoms with Crippen LogP contribution in [0.25, 0.3) is 0 Å². The third-order valence-corrected chi connectivity index (χ3v) is 1.93. The van der Waals surface area contributed by atoms with Gasteiger partial charge in [0.05, 0.1) is 0 Å². The van der Waals surface area contributed by atoms with Gasteiger partial charge in [-0.2, -0.15) is 0 Å². The predicted molar refractivity (Wildman–Crippen MR) is 48.4 cm³/mol. The van der Waals surface area contributed by atoms with Crippen molar-refractivity contribution < 1.29 is 10.2 Å². The third-order valence-electron chi connectivity index (χ3n) is 1.14. The molecule has 0 aromatic carbocycles. The molecule has 0 radical (unpaired) electrons. The van der Waals surface area contributed by atoms with Crippen LogP contribution in [-0.4, -0.2) is 20.2 Å². The third kappa shape index (κ3) is 8.88. The first-order valence-electron chi connectivity index (χ1n) is 3.27. The fourth-order valence-electron chi connectivity index (χ4n) is 0.626. The van der Waals surface area contributed by atoms with Gasteiger partial charge in [0, 0.05) is 6.61 Å². The zero-order valence-electron chi connectivity index (χ0n) is 5.69. The lowest BCUT2D eigenvalue weighted by molar-refractivity contribution is 0.224. The lowest BCUT2D eigenvalue weighted by Gasteiger charge is -2.11. The van der Waals surface area contributed by atoms with Crippen LogP contribution in [-0.2, 0) is 0 Å². The van der Waals surface area contributed by atoms with Gasteiger partial charge in [-0.25, -0.2) is 0 Å². The van der Waals surface area contributed by atoms with Crippen molar-refractivity contribution in [1.82, 2.24) is 0 Å². The van der Waals surface area contributed by atoms with Gasteiger partial charge in [-0.3, -0.25) is 0 Å². The van der Waals surface area contributed by atoms with Crippen molar-refractivity contribution in [3.8, 4) is 0 Å². The normalized spacial score (nSPS) is 12.0. The minimum Gasteiger partial charge on any atom is -0.396 e. The second-order valence-corrected chi connectivity index (χ2v) is 5.89. The van der Waals surface area contributed by atoms with Gasteiger partial charge in [-0.1, -0.05) is 6.42 Å². The second kappa shape index (κ2) is 5.52. The molecule has 0 aromatic heterocycles. The quantitative estimate of drug-likeness (QED) is 0.595. The monoisotopic (exact) mass is 274 g/mol. The van der Waals surface area contributed by atoms with Crippen molar-refractivity contribution in [3.05, 3.63) is 0 Å². The van der Waals surface area contributed by atoms with Crippen molar-refractivity contribution >= 4 is 31.9 Å². The number of rotatable bonds is 5. The van der Waals surface area contributed by atoms with E-state index in [1.54, 1.807) is 0 Å². The average Bonchev–Trinajstić information content (AvgIpc) is 1.78. The van der Waals surface area contributed by atoms with Crippen LogP contribution in [0.15, 0.2) is 0 Å². The molecule has 0 bridgehead atoms. The molecule has 0 amide bonds. The molecule has 0 saturated carbocycles. The number of aliphatic hydroxyl groups excluding tert-OH is 1. The topological polar surface area (TPSA) is 40.5 Å². The van der Waals surface area contributed by atoms with E-state index in [0.29, 0.717) is 6.42 Å². The maximum atomic E-state index is 9.09. The Hall–Kier alpha value is 0.880. The van der Waals surface area contributed by atoms with Gasteiger partial charge in [0.1, 0.15) is 0 Å². The molecule has 0 unspecified atom stereocenters. The molecule has 0 saturated heterocycles. The first-order chi connectivity index (χ1) is 4.56. The molecule has 0 fully saturated rings. The minimum absolute atomic E-state index is 0.239. The molecule has 0 aliphatic heterocycles. The highest BCUT2D eigenvalue weighted by Gasteiger charge is 2.15. The molecule has 4 heteroatoms. The molecule has 0 aliphatic carbocycles. The largest absolute Gasteiger partial charge is 0.396 e. The molecular weight excluding hydrogens is 264 g/mol. The van der Waals surface area contributed by atoms with Gasteiger partial charge < -0.3 is 10.2 Å². The number of aliphatic hydroxyl groups is 2. The number of unbranched alkanes of at least 4 members (excludes halogenated alkanes) is 2. The van der Waals surface area contributed by atoms with E-state index in [9.17, 15) is 0 Å². The molecule has 0 atom stereocenters. The Morgan fingerprint density at radius 1 is 1.10 bits per heavy atom. The van der Waals surface area contributed by atoms with Crippen molar-refractivity contribution in [2.24, 2.45) is 0 Å². The fourth-order valence-corrected chi connectivity index (χ4v) is 1.19. The lowest BCUT2D eigenvalue weighted by Crippen LogP contribution is -2.08. The molecule has 2 N–H and O–H groups in total. The Morgan fingerprint density at radius 3 is 2.10 bits per heavy atom. The van der Waals surface area contributed by atoms with E-state index in [-0.39, 0.29) is 6.61 Å². The van der Waals surface area contributed by atoms with E-state index in [2.05, 4.69) is 31.9 Å². The van der Waals surface area contributed by atoms with Gasteiger partial charge in [0.2, 0.25) is 0 Å². The highest BCUT2D eigenvalue weighted by molar-refractivity contribution is 9.25. The predicted octanol–water partition coefficient (Wildman–Crippen LogP) is 1.98. The smallest absolute Gasteiger partial charge is 0.174 e. The summed E-state index contributed by atoms with van der Waals surface area (Å²) in [6.07, 6.45) is 3.34. The van der Waals surface area contributed by atoms with E-state index in [4.69, 9.17) is 10.2 Å². The van der Waals surface area contributed by atoms with Gasteiger partial charge in [0.25, 0.3) is 0 Å². The van der Waals surface area contributed by atoms with Crippen LogP contribution in [0.3, 0.4) is 0 Å². The molecule has 0 spiro atoms. The first kappa shape index (κ1) is 10.9. The average molecular weight is 276 g/mol. The zero-order chi connectivity index (χ0) is 8.04. The molecule has 0 aliphatic rings. The summed E-state index contributed by atoms with van der Waals surface area (Å²) in [5.74, 6) is 0. The van der Waals surface area contributed by atoms with Gasteiger partial charge in [-0.05, 0) is 51.1 Å². The molecule has 10 heavy (non-hydrogen) atoms. The van der Waals surface area contributed by atoms with Crippen LogP contribution >= 0.6 is 31.9 Å². The van der Waals surface area contributed by atoms with Crippen molar-refractivity contribution in [1.29, 1.82) is 0 Å². The van der Waals surface area contributed by atoms with Crippen molar-refractivity contribution in [3.63, 3.8) is 0 Å². The lowest BCUT2D eigenvalue weighted by atomic mass is 10.2. The van der Waals surface area contributed by atoms with Crippen LogP contribution < -0.4 is 0 Å². The second-order valence-electron chi connectivity index (χ2n) is 2.20. The van der Waals surface area contributed by atoms with E-state index < -0.39 is 3.42 Å². The molecule has 0 rings (SSSR count). The number of halogens is 2. The Bertz CT molecular complexity index is 80.3. The summed E-state index contributed by atoms with van der Waals surface area (Å²) in [4.78, 5) is 0. The number of hydrogen-bond donors (Lipinski definition) is 2. The molecule has 0 heterocycles. The summed E-state index contributed by atoms with van der Waals surface area (Å²) < 4.78 is -0.907. The zero-order valence-corrected chi connectivity index (χ0v) is 8.86. The fraction of sp³-hybridized carbons (Fsp3) is 1.00. The van der Waals surface area contributed by atoms with Gasteiger partial charge >= 0.3 is 0 Å². The molecule has 2 nitrogen and oxygen atoms in total. The van der Waals surface area contributed by atoms with Crippen LogP contribution in [0.5, 0.6) is 0 Å². The van der Waals surface area contributed by atoms with Crippen LogP contribution in [0.1, 0.15) is 25.7 Å². The maximum Gasteiger partial charge on any atom is 0.174 e. The van der Waals surface area contributed by atoms with Crippen molar-refractivity contribution in [2.75, 3.05) is 6.61 Å². The maximum absolute atomic E-state index is 9.09. The number of alkyl halides is 2. The Morgan fingerprint density at radius 2 is 1.70 bits per heavy atom. The summed E-state index contributed by atoms with van der Waals surface area (Å²) in [5.41, 5.74) is 0. The number of hydrogen-bond acceptors (Lipinski definition) is 2. The highest BCUT2D eigenvalue weighted by Crippen LogP contribution is 2.28. The van der Waals surface area contributed by atoms with E-state index >= 15 is 0 Å². The Labute approximate surface area is 77.9 Å². The summed E-state index contributed by atoms with van der Waals surface area (Å²) in [6, 6.07) is 0. The SMILES string of the molecule is OCCCCCC(O)(Br)Br. The van der Waals surface area contributed by atoms with E-state index in [1.807, 2.05) is 0 Å². The Balaban J connectivity index is 3.04. The molecular formula is C6H12Br2O2. The summed E-state index contributed by atoms with van der Waals surface area (Å²) >= 11 is 6.08. The van der Waals surface area contributed by atoms with Crippen LogP contribution in [0, 0.1) is 0 Å². The molecule has 0 aromatic rings. The highest BCUT2D eigenvalue weighted by atomic mass is 79.9. The van der Waals surface area contributed by atoms with Crippen LogP contribution in [0.2, 0.25) is 0 Å². The van der Waals surface area contributed by atoms with Gasteiger partial charge in [-0.15, -0.1) is 0 Å².